The number of carbonyl (C=O) groups excluding carboxylic acids is 6. The summed E-state index contributed by atoms with van der Waals surface area (Å²) in [6.45, 7) is 25.3. The minimum atomic E-state index is -1.21. The molecule has 0 aromatic rings. The van der Waals surface area contributed by atoms with Crippen LogP contribution >= 0.6 is 0 Å². The van der Waals surface area contributed by atoms with Crippen LogP contribution in [-0.2, 0) is 67.3 Å². The topological polar surface area (TPSA) is 200 Å². The normalized spacial score (nSPS) is 44.9. The summed E-state index contributed by atoms with van der Waals surface area (Å²) >= 11 is 0. The van der Waals surface area contributed by atoms with Crippen molar-refractivity contribution in [1.29, 1.82) is 0 Å². The highest BCUT2D eigenvalue weighted by Gasteiger charge is 2.72. The smallest absolute Gasteiger partial charge is 0.302 e. The van der Waals surface area contributed by atoms with E-state index in [0.29, 0.717) is 77.3 Å². The zero-order valence-corrected chi connectivity index (χ0v) is 49.5. The summed E-state index contributed by atoms with van der Waals surface area (Å²) in [4.78, 5) is 105. The Kier molecular flexibility index (Phi) is 17.3. The Bertz CT molecular complexity index is 2230. The van der Waals surface area contributed by atoms with E-state index in [1.165, 1.54) is 27.7 Å². The molecule has 1 aliphatic heterocycles. The van der Waals surface area contributed by atoms with Gasteiger partial charge in [0.2, 0.25) is 23.4 Å². The van der Waals surface area contributed by atoms with Gasteiger partial charge in [-0.05, 0) is 160 Å². The first kappa shape index (κ1) is 59.3. The largest absolute Gasteiger partial charge is 0.462 e. The molecule has 9 rings (SSSR count). The fraction of sp³-hybridized carbons (Fsp3) is 0.903. The number of nitrogens with one attached hydrogen (secondary N) is 2. The fourth-order valence-corrected chi connectivity index (χ4v) is 20.1. The number of esters is 4. The Labute approximate surface area is 465 Å². The van der Waals surface area contributed by atoms with Crippen LogP contribution in [0.5, 0.6) is 0 Å². The molecule has 440 valence electrons. The van der Waals surface area contributed by atoms with Gasteiger partial charge < -0.3 is 29.6 Å². The van der Waals surface area contributed by atoms with Crippen molar-refractivity contribution in [2.24, 2.45) is 92.7 Å². The van der Waals surface area contributed by atoms with Gasteiger partial charge in [-0.1, -0.05) is 55.4 Å². The molecule has 2 spiro atoms. The van der Waals surface area contributed by atoms with E-state index in [1.807, 2.05) is 6.92 Å². The van der Waals surface area contributed by atoms with Gasteiger partial charge in [0.1, 0.15) is 24.4 Å². The molecular weight excluding hydrogens is 997 g/mol. The summed E-state index contributed by atoms with van der Waals surface area (Å²) in [5, 5.41) is 6.07. The maximum Gasteiger partial charge on any atom is 0.302 e. The van der Waals surface area contributed by atoms with Crippen molar-refractivity contribution < 1.29 is 67.3 Å². The van der Waals surface area contributed by atoms with Crippen LogP contribution in [0.15, 0.2) is 0 Å². The van der Waals surface area contributed by atoms with E-state index in [2.05, 4.69) is 59.1 Å². The van der Waals surface area contributed by atoms with E-state index in [9.17, 15) is 28.8 Å². The minimum Gasteiger partial charge on any atom is -0.462 e. The summed E-state index contributed by atoms with van der Waals surface area (Å²) in [6, 6.07) is 0. The maximum absolute atomic E-state index is 13.1. The molecule has 9 fully saturated rings. The molecule has 20 atom stereocenters. The van der Waals surface area contributed by atoms with Gasteiger partial charge in [0.15, 0.2) is 0 Å². The van der Waals surface area contributed by atoms with Gasteiger partial charge >= 0.3 is 23.9 Å². The summed E-state index contributed by atoms with van der Waals surface area (Å²) in [5.74, 6) is -2.08. The van der Waals surface area contributed by atoms with E-state index in [1.54, 1.807) is 0 Å². The van der Waals surface area contributed by atoms with Crippen LogP contribution in [0.1, 0.15) is 212 Å². The number of hydrogen-bond donors (Lipinski definition) is 2. The molecule has 2 amide bonds. The van der Waals surface area contributed by atoms with Crippen LogP contribution in [0.3, 0.4) is 0 Å². The lowest BCUT2D eigenvalue weighted by atomic mass is 9.42. The highest BCUT2D eigenvalue weighted by molar-refractivity contribution is 5.76. The Morgan fingerprint density at radius 3 is 1.40 bits per heavy atom. The molecule has 0 aromatic carbocycles. The first-order valence-electron chi connectivity index (χ1n) is 30.8. The molecule has 16 heteroatoms. The van der Waals surface area contributed by atoms with Gasteiger partial charge in [-0.2, -0.15) is 19.6 Å². The zero-order valence-electron chi connectivity index (χ0n) is 49.5. The maximum atomic E-state index is 13.1. The van der Waals surface area contributed by atoms with Crippen LogP contribution in [0, 0.1) is 92.7 Å². The lowest BCUT2D eigenvalue weighted by Crippen LogP contribution is -2.67. The van der Waals surface area contributed by atoms with E-state index < -0.39 is 22.4 Å². The average molecular weight is 1100 g/mol. The molecule has 9 aliphatic rings. The van der Waals surface area contributed by atoms with E-state index >= 15 is 0 Å². The van der Waals surface area contributed by atoms with Gasteiger partial charge in [-0.25, -0.2) is 0 Å². The Morgan fingerprint density at radius 2 is 0.949 bits per heavy atom. The fourth-order valence-electron chi connectivity index (χ4n) is 20.1. The van der Waals surface area contributed by atoms with Crippen LogP contribution < -0.4 is 10.6 Å². The highest BCUT2D eigenvalue weighted by atomic mass is 17.4. The van der Waals surface area contributed by atoms with E-state index in [4.69, 9.17) is 38.5 Å². The van der Waals surface area contributed by atoms with Crippen LogP contribution in [0.25, 0.3) is 0 Å². The quantitative estimate of drug-likeness (QED) is 0.0840. The monoisotopic (exact) mass is 1090 g/mol. The SMILES string of the molecule is CCCNC(=O)CCC(C)[C@H]1CCC2C3C(C[C@H](OC(C)=O)[C@@]21C)[C@@]1(C)CCC2(C[C@H]1C[C@H]3OC(C)=O)OOC1(CC[C@H]3C[C@@H](OC(C)=O)C4C5CC[C@H](C(C)CCC(=O)NCCC)[C@@]5(C)[C@@H](OC(C)=O)CC4[C@@]3(C)C1)OO2. The number of rotatable bonds is 16. The molecule has 8 saturated carbocycles. The van der Waals surface area contributed by atoms with Gasteiger partial charge in [0, 0.05) is 102 Å². The number of ether oxygens (including phenoxy) is 4. The third kappa shape index (κ3) is 10.7. The standard InChI is InChI=1S/C62H98N2O14/c1-13-27-63-53(69)21-15-35(3)43-17-19-45-55-47(31-51(59(43,45)11)73-39(7)67)57(9)25-26-61(33-42(57)30-50(55)72-38(6)66)75-77-62(78-76-61)24-23-41-29-49(71-37(5)65)56-46-20-18-44(36(4)16-22-54(70)64-28-14-2)60(46,12)52(74-40(8)68)32-48(56)58(41,10)34-62/h35-36,41-52,55-56H,13-34H2,1-12H3,(H,63,69)(H,64,70)/t35?,36?,41-,42+,43+,44+,45?,46?,47?,48?,49+,50+,51-,52-,55?,56?,57-,58-,59+,60+,61?,62?/m0/s1. The highest BCUT2D eigenvalue weighted by Crippen LogP contribution is 2.73. The van der Waals surface area contributed by atoms with Gasteiger partial charge in [0.25, 0.3) is 0 Å². The second-order valence-electron chi connectivity index (χ2n) is 27.8. The Morgan fingerprint density at radius 1 is 0.513 bits per heavy atom. The lowest BCUT2D eigenvalue weighted by Gasteiger charge is -2.66. The predicted molar refractivity (Wildman–Crippen MR) is 287 cm³/mol. The van der Waals surface area contributed by atoms with Gasteiger partial charge in [-0.3, -0.25) is 28.8 Å². The lowest BCUT2D eigenvalue weighted by molar-refractivity contribution is -0.668. The molecule has 0 radical (unpaired) electrons. The van der Waals surface area contributed by atoms with Gasteiger partial charge in [-0.15, -0.1) is 0 Å². The van der Waals surface area contributed by atoms with E-state index in [0.717, 1.165) is 64.2 Å². The van der Waals surface area contributed by atoms with Crippen LogP contribution in [-0.4, -0.2) is 84.8 Å². The Balaban J connectivity index is 0.935. The van der Waals surface area contributed by atoms with Gasteiger partial charge in [0.05, 0.1) is 0 Å². The average Bonchev–Trinajstić information content (AvgIpc) is 3.49. The molecule has 16 nitrogen and oxygen atoms in total. The number of fused-ring (bicyclic) bond motifs is 10. The number of amides is 2. The minimum absolute atomic E-state index is 0.000378. The molecule has 78 heavy (non-hydrogen) atoms. The third-order valence-electron chi connectivity index (χ3n) is 23.6. The van der Waals surface area contributed by atoms with Crippen molar-refractivity contribution in [3.05, 3.63) is 0 Å². The summed E-state index contributed by atoms with van der Waals surface area (Å²) in [7, 11) is 0. The summed E-state index contributed by atoms with van der Waals surface area (Å²) in [5.41, 5.74) is -1.39. The second kappa shape index (κ2) is 22.8. The molecule has 8 aliphatic carbocycles. The molecule has 0 bridgehead atoms. The number of hydrogen-bond acceptors (Lipinski definition) is 14. The Hall–Kier alpha value is -3.34. The first-order valence-corrected chi connectivity index (χ1v) is 30.8. The second-order valence-corrected chi connectivity index (χ2v) is 27.8. The predicted octanol–water partition coefficient (Wildman–Crippen LogP) is 10.7. The van der Waals surface area contributed by atoms with Crippen LogP contribution in [0.2, 0.25) is 0 Å². The summed E-state index contributed by atoms with van der Waals surface area (Å²) in [6.07, 6.45) is 12.6. The van der Waals surface area contributed by atoms with Crippen molar-refractivity contribution in [3.8, 4) is 0 Å². The van der Waals surface area contributed by atoms with Crippen molar-refractivity contribution in [3.63, 3.8) is 0 Å². The molecule has 2 N–H and O–H groups in total. The molecule has 1 heterocycles. The van der Waals surface area contributed by atoms with Crippen molar-refractivity contribution >= 4 is 35.7 Å². The molecule has 8 unspecified atom stereocenters. The van der Waals surface area contributed by atoms with Crippen molar-refractivity contribution in [2.75, 3.05) is 13.1 Å². The molecular formula is C62H98N2O14. The third-order valence-corrected chi connectivity index (χ3v) is 23.6. The van der Waals surface area contributed by atoms with Crippen LogP contribution in [0.4, 0.5) is 0 Å². The number of carbonyl (C=O) groups is 6. The van der Waals surface area contributed by atoms with Crippen molar-refractivity contribution in [1.82, 2.24) is 10.6 Å². The van der Waals surface area contributed by atoms with Crippen molar-refractivity contribution in [2.45, 2.75) is 247 Å². The first-order chi connectivity index (χ1) is 36.9. The zero-order chi connectivity index (χ0) is 56.3. The summed E-state index contributed by atoms with van der Waals surface area (Å²) < 4.78 is 25.7. The van der Waals surface area contributed by atoms with E-state index in [-0.39, 0.29) is 142 Å². The molecule has 0 aromatic heterocycles. The molecule has 1 saturated heterocycles.